The number of anilines is 3. The molecular weight excluding hydrogens is 296 g/mol. The van der Waals surface area contributed by atoms with Crippen LogP contribution in [0.2, 0.25) is 0 Å². The lowest BCUT2D eigenvalue weighted by Crippen LogP contribution is -2.06. The van der Waals surface area contributed by atoms with Gasteiger partial charge in [-0.05, 0) is 43.5 Å². The molecular formula is C20H22N4. The molecule has 3 aromatic rings. The Morgan fingerprint density at radius 3 is 2.46 bits per heavy atom. The molecule has 0 bridgehead atoms. The van der Waals surface area contributed by atoms with Crippen LogP contribution in [0.3, 0.4) is 0 Å². The number of aryl methyl sites for hydroxylation is 2. The summed E-state index contributed by atoms with van der Waals surface area (Å²) in [5.41, 5.74) is 5.64. The summed E-state index contributed by atoms with van der Waals surface area (Å²) in [6.07, 6.45) is 0. The Bertz CT molecular complexity index is 828. The fourth-order valence-electron chi connectivity index (χ4n) is 2.51. The summed E-state index contributed by atoms with van der Waals surface area (Å²) in [4.78, 5) is 9.07. The predicted molar refractivity (Wildman–Crippen MR) is 99.7 cm³/mol. The molecule has 0 fully saturated rings. The van der Waals surface area contributed by atoms with Crippen LogP contribution in [0.25, 0.3) is 0 Å². The van der Waals surface area contributed by atoms with Gasteiger partial charge in [0.1, 0.15) is 5.82 Å². The number of hydrogen-bond acceptors (Lipinski definition) is 4. The van der Waals surface area contributed by atoms with E-state index in [9.17, 15) is 0 Å². The average molecular weight is 318 g/mol. The van der Waals surface area contributed by atoms with Gasteiger partial charge in [-0.1, -0.05) is 42.5 Å². The molecule has 0 spiro atoms. The van der Waals surface area contributed by atoms with Crippen LogP contribution in [0.1, 0.15) is 22.4 Å². The molecule has 0 unspecified atom stereocenters. The first-order valence-electron chi connectivity index (χ1n) is 8.08. The van der Waals surface area contributed by atoms with Gasteiger partial charge in [0, 0.05) is 24.0 Å². The topological polar surface area (TPSA) is 49.8 Å². The van der Waals surface area contributed by atoms with Crippen LogP contribution in [-0.2, 0) is 6.54 Å². The minimum atomic E-state index is 0.610. The SMILES string of the molecule is Cc1cc(NCc2ccccc2)nc(Nc2cccc(C)c2C)n1. The molecule has 0 aliphatic heterocycles. The standard InChI is InChI=1S/C20H22N4/c1-14-8-7-11-18(16(14)3)23-20-22-15(2)12-19(24-20)21-13-17-9-5-4-6-10-17/h4-12H,13H2,1-3H3,(H2,21,22,23,24). The van der Waals surface area contributed by atoms with Crippen molar-refractivity contribution in [2.24, 2.45) is 0 Å². The van der Waals surface area contributed by atoms with Crippen molar-refractivity contribution in [2.75, 3.05) is 10.6 Å². The minimum Gasteiger partial charge on any atom is -0.366 e. The number of nitrogens with zero attached hydrogens (tertiary/aromatic N) is 2. The van der Waals surface area contributed by atoms with Gasteiger partial charge in [0.15, 0.2) is 0 Å². The van der Waals surface area contributed by atoms with Crippen LogP contribution in [0, 0.1) is 20.8 Å². The second kappa shape index (κ2) is 7.13. The zero-order valence-corrected chi connectivity index (χ0v) is 14.3. The van der Waals surface area contributed by atoms with Crippen LogP contribution in [-0.4, -0.2) is 9.97 Å². The maximum absolute atomic E-state index is 4.58. The van der Waals surface area contributed by atoms with E-state index < -0.39 is 0 Å². The van der Waals surface area contributed by atoms with Crippen LogP contribution in [0.15, 0.2) is 54.6 Å². The lowest BCUT2D eigenvalue weighted by Gasteiger charge is -2.12. The quantitative estimate of drug-likeness (QED) is 0.712. The number of benzene rings is 2. The second-order valence-corrected chi connectivity index (χ2v) is 5.93. The summed E-state index contributed by atoms with van der Waals surface area (Å²) in [6.45, 7) is 6.91. The molecule has 1 aromatic heterocycles. The normalized spacial score (nSPS) is 10.5. The van der Waals surface area contributed by atoms with E-state index in [1.165, 1.54) is 16.7 Å². The first-order valence-corrected chi connectivity index (χ1v) is 8.08. The van der Waals surface area contributed by atoms with E-state index in [2.05, 4.69) is 52.6 Å². The first kappa shape index (κ1) is 16.0. The van der Waals surface area contributed by atoms with Crippen molar-refractivity contribution in [1.29, 1.82) is 0 Å². The Morgan fingerprint density at radius 2 is 1.67 bits per heavy atom. The molecule has 3 rings (SSSR count). The molecule has 4 heteroatoms. The van der Waals surface area contributed by atoms with Gasteiger partial charge in [-0.3, -0.25) is 0 Å². The summed E-state index contributed by atoms with van der Waals surface area (Å²) in [7, 11) is 0. The molecule has 0 saturated heterocycles. The molecule has 0 atom stereocenters. The van der Waals surface area contributed by atoms with E-state index in [-0.39, 0.29) is 0 Å². The van der Waals surface area contributed by atoms with Crippen molar-refractivity contribution in [1.82, 2.24) is 9.97 Å². The van der Waals surface area contributed by atoms with Crippen LogP contribution in [0.5, 0.6) is 0 Å². The van der Waals surface area contributed by atoms with E-state index >= 15 is 0 Å². The molecule has 4 nitrogen and oxygen atoms in total. The Morgan fingerprint density at radius 1 is 0.875 bits per heavy atom. The minimum absolute atomic E-state index is 0.610. The third-order valence-electron chi connectivity index (χ3n) is 4.02. The highest BCUT2D eigenvalue weighted by Crippen LogP contribution is 2.22. The van der Waals surface area contributed by atoms with Gasteiger partial charge in [0.2, 0.25) is 5.95 Å². The molecule has 0 radical (unpaired) electrons. The summed E-state index contributed by atoms with van der Waals surface area (Å²) in [5.74, 6) is 1.43. The van der Waals surface area contributed by atoms with Crippen molar-refractivity contribution in [3.05, 3.63) is 77.0 Å². The Hall–Kier alpha value is -2.88. The van der Waals surface area contributed by atoms with Gasteiger partial charge in [-0.2, -0.15) is 4.98 Å². The van der Waals surface area contributed by atoms with Crippen molar-refractivity contribution < 1.29 is 0 Å². The number of hydrogen-bond donors (Lipinski definition) is 2. The van der Waals surface area contributed by atoms with Gasteiger partial charge < -0.3 is 10.6 Å². The summed E-state index contributed by atoms with van der Waals surface area (Å²) >= 11 is 0. The van der Waals surface area contributed by atoms with Gasteiger partial charge in [0.25, 0.3) is 0 Å². The molecule has 1 heterocycles. The molecule has 0 aliphatic rings. The van der Waals surface area contributed by atoms with Gasteiger partial charge in [-0.15, -0.1) is 0 Å². The fraction of sp³-hybridized carbons (Fsp3) is 0.200. The predicted octanol–water partition coefficient (Wildman–Crippen LogP) is 4.76. The van der Waals surface area contributed by atoms with Crippen molar-refractivity contribution in [3.8, 4) is 0 Å². The smallest absolute Gasteiger partial charge is 0.229 e. The maximum atomic E-state index is 4.58. The Labute approximate surface area is 143 Å². The van der Waals surface area contributed by atoms with E-state index in [1.807, 2.05) is 43.3 Å². The van der Waals surface area contributed by atoms with Gasteiger partial charge in [-0.25, -0.2) is 4.98 Å². The lowest BCUT2D eigenvalue weighted by atomic mass is 10.1. The van der Waals surface area contributed by atoms with Gasteiger partial charge >= 0.3 is 0 Å². The monoisotopic (exact) mass is 318 g/mol. The third kappa shape index (κ3) is 3.90. The molecule has 0 aliphatic carbocycles. The second-order valence-electron chi connectivity index (χ2n) is 5.93. The van der Waals surface area contributed by atoms with Crippen LogP contribution >= 0.6 is 0 Å². The van der Waals surface area contributed by atoms with Gasteiger partial charge in [0.05, 0.1) is 0 Å². The summed E-state index contributed by atoms with van der Waals surface area (Å²) in [6, 6.07) is 18.4. The third-order valence-corrected chi connectivity index (χ3v) is 4.02. The van der Waals surface area contributed by atoms with E-state index in [0.717, 1.165) is 23.7 Å². The number of rotatable bonds is 5. The van der Waals surface area contributed by atoms with Crippen LogP contribution in [0.4, 0.5) is 17.5 Å². The first-order chi connectivity index (χ1) is 11.6. The molecule has 2 N–H and O–H groups in total. The Kier molecular flexibility index (Phi) is 4.75. The largest absolute Gasteiger partial charge is 0.366 e. The lowest BCUT2D eigenvalue weighted by molar-refractivity contribution is 1.06. The average Bonchev–Trinajstić information content (AvgIpc) is 2.58. The van der Waals surface area contributed by atoms with E-state index in [4.69, 9.17) is 0 Å². The highest BCUT2D eigenvalue weighted by Gasteiger charge is 2.06. The zero-order valence-electron chi connectivity index (χ0n) is 14.3. The zero-order chi connectivity index (χ0) is 16.9. The summed E-state index contributed by atoms with van der Waals surface area (Å²) in [5, 5.41) is 6.69. The maximum Gasteiger partial charge on any atom is 0.229 e. The van der Waals surface area contributed by atoms with E-state index in [1.54, 1.807) is 0 Å². The van der Waals surface area contributed by atoms with Crippen molar-refractivity contribution in [2.45, 2.75) is 27.3 Å². The summed E-state index contributed by atoms with van der Waals surface area (Å²) < 4.78 is 0. The molecule has 122 valence electrons. The molecule has 2 aromatic carbocycles. The van der Waals surface area contributed by atoms with Crippen molar-refractivity contribution in [3.63, 3.8) is 0 Å². The highest BCUT2D eigenvalue weighted by atomic mass is 15.1. The van der Waals surface area contributed by atoms with Crippen molar-refractivity contribution >= 4 is 17.5 Å². The number of nitrogens with one attached hydrogen (secondary N) is 2. The fourth-order valence-corrected chi connectivity index (χ4v) is 2.51. The van der Waals surface area contributed by atoms with E-state index in [0.29, 0.717) is 5.95 Å². The molecule has 24 heavy (non-hydrogen) atoms. The molecule has 0 saturated carbocycles. The Balaban J connectivity index is 1.77. The highest BCUT2D eigenvalue weighted by molar-refractivity contribution is 5.61. The van der Waals surface area contributed by atoms with Crippen LogP contribution < -0.4 is 10.6 Å². The number of aromatic nitrogens is 2. The molecule has 0 amide bonds.